The number of carbonyl (C=O) groups is 2. The van der Waals surface area contributed by atoms with Gasteiger partial charge in [-0.05, 0) is 36.1 Å². The van der Waals surface area contributed by atoms with Gasteiger partial charge in [0.15, 0.2) is 0 Å². The number of ether oxygens (including phenoxy) is 2. The quantitative estimate of drug-likeness (QED) is 0.745. The van der Waals surface area contributed by atoms with E-state index in [-0.39, 0.29) is 17.9 Å². The van der Waals surface area contributed by atoms with Crippen molar-refractivity contribution in [2.24, 2.45) is 0 Å². The molecule has 2 amide bonds. The number of carbonyl (C=O) groups excluding carboxylic acids is 2. The number of nitrogens with one attached hydrogen (secondary N) is 1. The second-order valence-electron chi connectivity index (χ2n) is 7.19. The lowest BCUT2D eigenvalue weighted by Crippen LogP contribution is -2.44. The van der Waals surface area contributed by atoms with Crippen LogP contribution in [0, 0.1) is 0 Å². The number of rotatable bonds is 8. The number of benzene rings is 2. The van der Waals surface area contributed by atoms with E-state index in [2.05, 4.69) is 5.32 Å². The molecule has 0 aliphatic carbocycles. The molecule has 1 heterocycles. The maximum absolute atomic E-state index is 13.2. The molecule has 2 aromatic rings. The third-order valence-electron chi connectivity index (χ3n) is 5.12. The molecule has 2 aromatic carbocycles. The third kappa shape index (κ3) is 5.57. The van der Waals surface area contributed by atoms with Gasteiger partial charge in [-0.25, -0.2) is 0 Å². The van der Waals surface area contributed by atoms with E-state index in [4.69, 9.17) is 9.47 Å². The highest BCUT2D eigenvalue weighted by Crippen LogP contribution is 2.25. The number of nitrogens with zero attached hydrogens (tertiary/aromatic N) is 1. The van der Waals surface area contributed by atoms with Crippen LogP contribution in [0.3, 0.4) is 0 Å². The molecule has 6 heteroatoms. The first-order chi connectivity index (χ1) is 14.1. The molecule has 154 valence electrons. The van der Waals surface area contributed by atoms with Gasteiger partial charge in [0.1, 0.15) is 11.8 Å². The van der Waals surface area contributed by atoms with Crippen molar-refractivity contribution in [3.05, 3.63) is 65.7 Å². The summed E-state index contributed by atoms with van der Waals surface area (Å²) in [7, 11) is 1.61. The number of hydrogen-bond acceptors (Lipinski definition) is 4. The Bertz CT molecular complexity index is 801. The Kier molecular flexibility index (Phi) is 7.25. The molecule has 1 aliphatic rings. The second kappa shape index (κ2) is 10.1. The van der Waals surface area contributed by atoms with Gasteiger partial charge in [0, 0.05) is 26.6 Å². The molecular formula is C23H28N2O4. The highest BCUT2D eigenvalue weighted by Gasteiger charge is 2.30. The minimum atomic E-state index is -0.711. The van der Waals surface area contributed by atoms with E-state index >= 15 is 0 Å². The molecule has 0 spiro atoms. The van der Waals surface area contributed by atoms with Gasteiger partial charge in [0.25, 0.3) is 0 Å². The van der Waals surface area contributed by atoms with Crippen LogP contribution in [-0.2, 0) is 20.9 Å². The molecule has 29 heavy (non-hydrogen) atoms. The zero-order chi connectivity index (χ0) is 20.6. The van der Waals surface area contributed by atoms with E-state index in [1.54, 1.807) is 12.0 Å². The Labute approximate surface area is 171 Å². The smallest absolute Gasteiger partial charge is 0.247 e. The Morgan fingerprint density at radius 1 is 1.17 bits per heavy atom. The summed E-state index contributed by atoms with van der Waals surface area (Å²) in [6.45, 7) is 3.01. The SMILES string of the molecule is COc1ccc(CN(C(C)=O)C(C(=O)NCC2CCCO2)c2ccccc2)cc1. The van der Waals surface area contributed by atoms with Crippen molar-refractivity contribution in [2.75, 3.05) is 20.3 Å². The minimum Gasteiger partial charge on any atom is -0.497 e. The number of methoxy groups -OCH3 is 1. The summed E-state index contributed by atoms with van der Waals surface area (Å²) < 4.78 is 10.8. The van der Waals surface area contributed by atoms with Gasteiger partial charge < -0.3 is 19.7 Å². The van der Waals surface area contributed by atoms with Crippen LogP contribution in [-0.4, -0.2) is 43.1 Å². The van der Waals surface area contributed by atoms with Crippen LogP contribution in [0.4, 0.5) is 0 Å². The van der Waals surface area contributed by atoms with Gasteiger partial charge in [-0.2, -0.15) is 0 Å². The summed E-state index contributed by atoms with van der Waals surface area (Å²) in [6.07, 6.45) is 2.00. The lowest BCUT2D eigenvalue weighted by Gasteiger charge is -2.31. The summed E-state index contributed by atoms with van der Waals surface area (Å²) in [6, 6.07) is 16.2. The Morgan fingerprint density at radius 3 is 2.48 bits per heavy atom. The molecule has 1 aliphatic heterocycles. The maximum Gasteiger partial charge on any atom is 0.247 e. The first-order valence-electron chi connectivity index (χ1n) is 9.93. The average molecular weight is 396 g/mol. The van der Waals surface area contributed by atoms with E-state index in [1.165, 1.54) is 6.92 Å². The third-order valence-corrected chi connectivity index (χ3v) is 5.12. The van der Waals surface area contributed by atoms with E-state index in [1.807, 2.05) is 54.6 Å². The van der Waals surface area contributed by atoms with Crippen molar-refractivity contribution in [2.45, 2.75) is 38.5 Å². The number of amides is 2. The fourth-order valence-electron chi connectivity index (χ4n) is 3.54. The van der Waals surface area contributed by atoms with Gasteiger partial charge in [0.05, 0.1) is 13.2 Å². The molecule has 2 unspecified atom stereocenters. The predicted octanol–water partition coefficient (Wildman–Crippen LogP) is 3.08. The summed E-state index contributed by atoms with van der Waals surface area (Å²) in [5.74, 6) is 0.384. The fraction of sp³-hybridized carbons (Fsp3) is 0.391. The molecule has 6 nitrogen and oxygen atoms in total. The molecule has 0 bridgehead atoms. The lowest BCUT2D eigenvalue weighted by molar-refractivity contribution is -0.140. The van der Waals surface area contributed by atoms with Crippen molar-refractivity contribution >= 4 is 11.8 Å². The molecule has 1 N–H and O–H groups in total. The zero-order valence-corrected chi connectivity index (χ0v) is 17.0. The molecular weight excluding hydrogens is 368 g/mol. The summed E-state index contributed by atoms with van der Waals surface area (Å²) in [5, 5.41) is 2.98. The van der Waals surface area contributed by atoms with Crippen LogP contribution in [0.1, 0.15) is 36.9 Å². The van der Waals surface area contributed by atoms with E-state index < -0.39 is 6.04 Å². The van der Waals surface area contributed by atoms with E-state index in [9.17, 15) is 9.59 Å². The molecule has 0 aromatic heterocycles. The molecule has 1 saturated heterocycles. The highest BCUT2D eigenvalue weighted by atomic mass is 16.5. The Balaban J connectivity index is 1.82. The first kappa shape index (κ1) is 20.9. The van der Waals surface area contributed by atoms with E-state index in [0.717, 1.165) is 36.3 Å². The van der Waals surface area contributed by atoms with Crippen LogP contribution in [0.15, 0.2) is 54.6 Å². The van der Waals surface area contributed by atoms with Crippen LogP contribution in [0.2, 0.25) is 0 Å². The monoisotopic (exact) mass is 396 g/mol. The zero-order valence-electron chi connectivity index (χ0n) is 17.0. The summed E-state index contributed by atoms with van der Waals surface area (Å²) in [4.78, 5) is 27.3. The molecule has 1 fully saturated rings. The molecule has 0 radical (unpaired) electrons. The van der Waals surface area contributed by atoms with Crippen molar-refractivity contribution < 1.29 is 19.1 Å². The van der Waals surface area contributed by atoms with Crippen LogP contribution >= 0.6 is 0 Å². The summed E-state index contributed by atoms with van der Waals surface area (Å²) in [5.41, 5.74) is 1.70. The maximum atomic E-state index is 13.2. The van der Waals surface area contributed by atoms with Crippen LogP contribution in [0.5, 0.6) is 5.75 Å². The van der Waals surface area contributed by atoms with Crippen LogP contribution in [0.25, 0.3) is 0 Å². The normalized spacial score (nSPS) is 16.8. The average Bonchev–Trinajstić information content (AvgIpc) is 3.26. The number of hydrogen-bond donors (Lipinski definition) is 1. The molecule has 2 atom stereocenters. The van der Waals surface area contributed by atoms with Gasteiger partial charge >= 0.3 is 0 Å². The molecule has 0 saturated carbocycles. The predicted molar refractivity (Wildman–Crippen MR) is 110 cm³/mol. The second-order valence-corrected chi connectivity index (χ2v) is 7.19. The Morgan fingerprint density at radius 2 is 1.90 bits per heavy atom. The van der Waals surface area contributed by atoms with Gasteiger partial charge in [0.2, 0.25) is 11.8 Å². The highest BCUT2D eigenvalue weighted by molar-refractivity contribution is 5.88. The van der Waals surface area contributed by atoms with Crippen LogP contribution < -0.4 is 10.1 Å². The van der Waals surface area contributed by atoms with Crippen molar-refractivity contribution in [3.8, 4) is 5.75 Å². The minimum absolute atomic E-state index is 0.0442. The Hall–Kier alpha value is -2.86. The van der Waals surface area contributed by atoms with Gasteiger partial charge in [-0.3, -0.25) is 9.59 Å². The largest absolute Gasteiger partial charge is 0.497 e. The summed E-state index contributed by atoms with van der Waals surface area (Å²) >= 11 is 0. The molecule has 3 rings (SSSR count). The van der Waals surface area contributed by atoms with Crippen molar-refractivity contribution in [3.63, 3.8) is 0 Å². The van der Waals surface area contributed by atoms with Gasteiger partial charge in [-0.1, -0.05) is 42.5 Å². The first-order valence-corrected chi connectivity index (χ1v) is 9.93. The van der Waals surface area contributed by atoms with Gasteiger partial charge in [-0.15, -0.1) is 0 Å². The lowest BCUT2D eigenvalue weighted by atomic mass is 10.0. The van der Waals surface area contributed by atoms with Crippen molar-refractivity contribution in [1.82, 2.24) is 10.2 Å². The van der Waals surface area contributed by atoms with E-state index in [0.29, 0.717) is 13.1 Å². The topological polar surface area (TPSA) is 67.9 Å². The fourth-order valence-corrected chi connectivity index (χ4v) is 3.54. The standard InChI is InChI=1S/C23H28N2O4/c1-17(26)25(16-18-10-12-20(28-2)13-11-18)22(19-7-4-3-5-8-19)23(27)24-15-21-9-6-14-29-21/h3-5,7-8,10-13,21-22H,6,9,14-16H2,1-2H3,(H,24,27). The van der Waals surface area contributed by atoms with Crippen molar-refractivity contribution in [1.29, 1.82) is 0 Å².